The van der Waals surface area contributed by atoms with E-state index < -0.39 is 0 Å². The topological polar surface area (TPSA) is 18.5 Å². The Morgan fingerprint density at radius 3 is 2.71 bits per heavy atom. The fraction of sp³-hybridized carbons (Fsp3) is 0.867. The molecule has 17 heavy (non-hydrogen) atoms. The SMILES string of the molecule is CC(C)=CC1CC1C1(OC2CCCO2)CC1C. The Balaban J connectivity index is 1.62. The maximum atomic E-state index is 6.31. The molecule has 0 aromatic rings. The molecule has 0 N–H and O–H groups in total. The van der Waals surface area contributed by atoms with Gasteiger partial charge in [0.25, 0.3) is 0 Å². The normalized spacial score (nSPS) is 47.9. The summed E-state index contributed by atoms with van der Waals surface area (Å²) in [5, 5.41) is 0. The van der Waals surface area contributed by atoms with Gasteiger partial charge in [0.2, 0.25) is 0 Å². The summed E-state index contributed by atoms with van der Waals surface area (Å²) < 4.78 is 11.9. The van der Waals surface area contributed by atoms with Crippen molar-refractivity contribution in [3.8, 4) is 0 Å². The van der Waals surface area contributed by atoms with E-state index in [0.717, 1.165) is 37.2 Å². The third-order valence-electron chi connectivity index (χ3n) is 4.55. The van der Waals surface area contributed by atoms with Crippen LogP contribution in [0.15, 0.2) is 11.6 Å². The first-order valence-electron chi connectivity index (χ1n) is 7.06. The van der Waals surface area contributed by atoms with E-state index >= 15 is 0 Å². The Bertz CT molecular complexity index is 326. The molecule has 1 aliphatic heterocycles. The number of hydrogen-bond donors (Lipinski definition) is 0. The zero-order valence-electron chi connectivity index (χ0n) is 11.2. The van der Waals surface area contributed by atoms with E-state index in [1.807, 2.05) is 0 Å². The molecule has 5 atom stereocenters. The fourth-order valence-electron chi connectivity index (χ4n) is 3.46. The molecule has 0 bridgehead atoms. The predicted molar refractivity (Wildman–Crippen MR) is 67.6 cm³/mol. The Morgan fingerprint density at radius 1 is 1.41 bits per heavy atom. The minimum Gasteiger partial charge on any atom is -0.353 e. The highest BCUT2D eigenvalue weighted by Crippen LogP contribution is 2.64. The van der Waals surface area contributed by atoms with E-state index in [1.165, 1.54) is 18.4 Å². The smallest absolute Gasteiger partial charge is 0.158 e. The molecule has 3 aliphatic rings. The van der Waals surface area contributed by atoms with E-state index in [1.54, 1.807) is 0 Å². The van der Waals surface area contributed by atoms with E-state index in [9.17, 15) is 0 Å². The van der Waals surface area contributed by atoms with Crippen LogP contribution in [0, 0.1) is 17.8 Å². The zero-order valence-corrected chi connectivity index (χ0v) is 11.2. The number of ether oxygens (including phenoxy) is 2. The third kappa shape index (κ3) is 2.17. The van der Waals surface area contributed by atoms with Crippen LogP contribution in [-0.2, 0) is 9.47 Å². The lowest BCUT2D eigenvalue weighted by Crippen LogP contribution is -2.27. The van der Waals surface area contributed by atoms with Crippen molar-refractivity contribution >= 4 is 0 Å². The molecule has 1 saturated heterocycles. The number of allylic oxidation sites excluding steroid dienone is 2. The van der Waals surface area contributed by atoms with Gasteiger partial charge in [0.05, 0.1) is 5.60 Å². The molecule has 2 nitrogen and oxygen atoms in total. The summed E-state index contributed by atoms with van der Waals surface area (Å²) in [4.78, 5) is 0. The van der Waals surface area contributed by atoms with Crippen molar-refractivity contribution in [1.29, 1.82) is 0 Å². The second-order valence-electron chi connectivity index (χ2n) is 6.37. The van der Waals surface area contributed by atoms with Crippen LogP contribution in [0.5, 0.6) is 0 Å². The average Bonchev–Trinajstić information content (AvgIpc) is 3.06. The molecule has 0 aromatic heterocycles. The first-order valence-corrected chi connectivity index (χ1v) is 7.06. The lowest BCUT2D eigenvalue weighted by molar-refractivity contribution is -0.166. The van der Waals surface area contributed by atoms with Gasteiger partial charge in [-0.1, -0.05) is 18.6 Å². The molecule has 0 spiro atoms. The van der Waals surface area contributed by atoms with Gasteiger partial charge < -0.3 is 9.47 Å². The molecule has 0 aromatic carbocycles. The van der Waals surface area contributed by atoms with Crippen LogP contribution in [0.1, 0.15) is 46.5 Å². The highest BCUT2D eigenvalue weighted by Gasteiger charge is 2.65. The summed E-state index contributed by atoms with van der Waals surface area (Å²) in [6.07, 6.45) is 7.34. The lowest BCUT2D eigenvalue weighted by Gasteiger charge is -2.22. The third-order valence-corrected chi connectivity index (χ3v) is 4.55. The van der Waals surface area contributed by atoms with Gasteiger partial charge in [-0.15, -0.1) is 0 Å². The molecule has 96 valence electrons. The minimum atomic E-state index is 0.0907. The van der Waals surface area contributed by atoms with Gasteiger partial charge in [0, 0.05) is 13.0 Å². The summed E-state index contributed by atoms with van der Waals surface area (Å²) in [6.45, 7) is 7.60. The lowest BCUT2D eigenvalue weighted by atomic mass is 10.1. The molecule has 2 aliphatic carbocycles. The second-order valence-corrected chi connectivity index (χ2v) is 6.37. The van der Waals surface area contributed by atoms with E-state index in [-0.39, 0.29) is 11.9 Å². The van der Waals surface area contributed by atoms with Crippen LogP contribution < -0.4 is 0 Å². The standard InChI is InChI=1S/C15H24O2/c1-10(2)7-12-8-13(12)15(9-11(15)3)17-14-5-4-6-16-14/h7,11-14H,4-6,8-9H2,1-3H3. The van der Waals surface area contributed by atoms with Crippen LogP contribution >= 0.6 is 0 Å². The van der Waals surface area contributed by atoms with Crippen molar-refractivity contribution in [3.63, 3.8) is 0 Å². The van der Waals surface area contributed by atoms with Crippen LogP contribution in [0.25, 0.3) is 0 Å². The van der Waals surface area contributed by atoms with E-state index in [4.69, 9.17) is 9.47 Å². The highest BCUT2D eigenvalue weighted by molar-refractivity contribution is 5.20. The maximum Gasteiger partial charge on any atom is 0.158 e. The fourth-order valence-corrected chi connectivity index (χ4v) is 3.46. The van der Waals surface area contributed by atoms with E-state index in [2.05, 4.69) is 26.8 Å². The Hall–Kier alpha value is -0.340. The number of hydrogen-bond acceptors (Lipinski definition) is 2. The van der Waals surface area contributed by atoms with Gasteiger partial charge >= 0.3 is 0 Å². The van der Waals surface area contributed by atoms with Gasteiger partial charge in [-0.2, -0.15) is 0 Å². The van der Waals surface area contributed by atoms with E-state index in [0.29, 0.717) is 0 Å². The first kappa shape index (κ1) is 11.7. The first-order chi connectivity index (χ1) is 8.12. The van der Waals surface area contributed by atoms with Crippen LogP contribution in [0.4, 0.5) is 0 Å². The maximum absolute atomic E-state index is 6.31. The molecule has 3 fully saturated rings. The zero-order chi connectivity index (χ0) is 12.0. The average molecular weight is 236 g/mol. The molecule has 2 saturated carbocycles. The van der Waals surface area contributed by atoms with Gasteiger partial charge in [0.1, 0.15) is 0 Å². The Kier molecular flexibility index (Phi) is 2.83. The summed E-state index contributed by atoms with van der Waals surface area (Å²) >= 11 is 0. The van der Waals surface area contributed by atoms with Crippen molar-refractivity contribution < 1.29 is 9.47 Å². The van der Waals surface area contributed by atoms with Crippen molar-refractivity contribution in [2.24, 2.45) is 17.8 Å². The molecular formula is C15H24O2. The molecule has 3 rings (SSSR count). The summed E-state index contributed by atoms with van der Waals surface area (Å²) in [7, 11) is 0. The van der Waals surface area contributed by atoms with Crippen molar-refractivity contribution in [1.82, 2.24) is 0 Å². The molecule has 0 amide bonds. The van der Waals surface area contributed by atoms with Crippen LogP contribution in [0.3, 0.4) is 0 Å². The molecule has 5 unspecified atom stereocenters. The van der Waals surface area contributed by atoms with Crippen molar-refractivity contribution in [2.45, 2.75) is 58.3 Å². The Morgan fingerprint density at radius 2 is 2.18 bits per heavy atom. The summed E-state index contributed by atoms with van der Waals surface area (Å²) in [5.41, 5.74) is 1.61. The Labute approximate surface area is 104 Å². The molecule has 2 heteroatoms. The molecular weight excluding hydrogens is 212 g/mol. The highest BCUT2D eigenvalue weighted by atomic mass is 16.7. The monoisotopic (exact) mass is 236 g/mol. The van der Waals surface area contributed by atoms with Crippen LogP contribution in [-0.4, -0.2) is 18.5 Å². The largest absolute Gasteiger partial charge is 0.353 e. The second kappa shape index (κ2) is 4.10. The minimum absolute atomic E-state index is 0.0907. The van der Waals surface area contributed by atoms with Gasteiger partial charge in [-0.25, -0.2) is 0 Å². The van der Waals surface area contributed by atoms with Gasteiger partial charge in [0.15, 0.2) is 6.29 Å². The molecule has 1 heterocycles. The van der Waals surface area contributed by atoms with Crippen molar-refractivity contribution in [2.75, 3.05) is 6.61 Å². The number of rotatable bonds is 4. The summed E-state index contributed by atoms with van der Waals surface area (Å²) in [5.74, 6) is 2.26. The molecule has 0 radical (unpaired) electrons. The predicted octanol–water partition coefficient (Wildman–Crippen LogP) is 3.52. The van der Waals surface area contributed by atoms with Crippen LogP contribution in [0.2, 0.25) is 0 Å². The van der Waals surface area contributed by atoms with Gasteiger partial charge in [-0.3, -0.25) is 0 Å². The summed E-state index contributed by atoms with van der Waals surface area (Å²) in [6, 6.07) is 0. The van der Waals surface area contributed by atoms with Crippen molar-refractivity contribution in [3.05, 3.63) is 11.6 Å². The quantitative estimate of drug-likeness (QED) is 0.695. The van der Waals surface area contributed by atoms with Gasteiger partial charge in [-0.05, 0) is 50.9 Å².